The molecule has 0 bridgehead atoms. The molecule has 1 nitrogen and oxygen atoms in total. The molecule has 7 atom stereocenters. The Kier molecular flexibility index (Phi) is 2.91. The fraction of sp³-hybridized carbons (Fsp3) is 0.895. The summed E-state index contributed by atoms with van der Waals surface area (Å²) in [6.07, 6.45) is 15.4. The molecule has 3 fully saturated rings. The van der Waals surface area contributed by atoms with Gasteiger partial charge in [-0.3, -0.25) is 0 Å². The molecule has 0 aromatic carbocycles. The topological polar surface area (TPSA) is 20.2 Å². The van der Waals surface area contributed by atoms with E-state index in [1.807, 2.05) is 0 Å². The highest BCUT2D eigenvalue weighted by atomic mass is 16.3. The van der Waals surface area contributed by atoms with Crippen molar-refractivity contribution in [3.63, 3.8) is 0 Å². The maximum atomic E-state index is 10.5. The fourth-order valence-corrected chi connectivity index (χ4v) is 6.81. The monoisotopic (exact) mass is 274 g/mol. The lowest BCUT2D eigenvalue weighted by atomic mass is 9.46. The third kappa shape index (κ3) is 1.59. The van der Waals surface area contributed by atoms with Crippen LogP contribution >= 0.6 is 0 Å². The summed E-state index contributed by atoms with van der Waals surface area (Å²) in [7, 11) is 0. The highest BCUT2D eigenvalue weighted by molar-refractivity contribution is 5.12. The Labute approximate surface area is 123 Å². The van der Waals surface area contributed by atoms with Crippen molar-refractivity contribution < 1.29 is 5.11 Å². The number of hydrogen-bond donors (Lipinski definition) is 1. The molecule has 0 amide bonds. The zero-order valence-corrected chi connectivity index (χ0v) is 13.1. The van der Waals surface area contributed by atoms with E-state index in [-0.39, 0.29) is 11.5 Å². The van der Waals surface area contributed by atoms with Crippen LogP contribution in [-0.4, -0.2) is 11.2 Å². The van der Waals surface area contributed by atoms with Gasteiger partial charge in [-0.05, 0) is 85.9 Å². The van der Waals surface area contributed by atoms with E-state index in [9.17, 15) is 5.11 Å². The molecule has 0 aromatic heterocycles. The molecule has 1 heteroatoms. The quantitative estimate of drug-likeness (QED) is 0.642. The van der Waals surface area contributed by atoms with E-state index in [1.54, 1.807) is 0 Å². The lowest BCUT2D eigenvalue weighted by Gasteiger charge is -2.59. The molecule has 0 radical (unpaired) electrons. The second-order valence-electron chi connectivity index (χ2n) is 8.71. The number of aliphatic hydroxyl groups excluding tert-OH is 1. The van der Waals surface area contributed by atoms with Crippen LogP contribution < -0.4 is 0 Å². The van der Waals surface area contributed by atoms with Crippen molar-refractivity contribution in [2.75, 3.05) is 0 Å². The van der Waals surface area contributed by atoms with Crippen LogP contribution in [0.5, 0.6) is 0 Å². The summed E-state index contributed by atoms with van der Waals surface area (Å²) < 4.78 is 0. The first-order chi connectivity index (χ1) is 9.56. The Morgan fingerprint density at radius 1 is 0.900 bits per heavy atom. The molecule has 0 aromatic rings. The summed E-state index contributed by atoms with van der Waals surface area (Å²) in [5.74, 6) is 3.57. The Morgan fingerprint density at radius 3 is 2.55 bits per heavy atom. The van der Waals surface area contributed by atoms with Gasteiger partial charge in [-0.25, -0.2) is 0 Å². The molecule has 0 aliphatic heterocycles. The third-order valence-corrected chi connectivity index (χ3v) is 8.16. The van der Waals surface area contributed by atoms with Crippen LogP contribution in [0.3, 0.4) is 0 Å². The van der Waals surface area contributed by atoms with Gasteiger partial charge in [0.15, 0.2) is 0 Å². The van der Waals surface area contributed by atoms with E-state index in [0.717, 1.165) is 30.1 Å². The maximum absolute atomic E-state index is 10.5. The summed E-state index contributed by atoms with van der Waals surface area (Å²) in [6, 6.07) is 0. The molecule has 1 N–H and O–H groups in total. The molecule has 4 aliphatic carbocycles. The van der Waals surface area contributed by atoms with Crippen molar-refractivity contribution >= 4 is 0 Å². The SMILES string of the molecule is C[C@]12CC=CC[C@@H]1CC[C@@H]1[C@@H]2CC[C@]2(C)[C@@H](O)CC[C@@H]12. The second kappa shape index (κ2) is 4.35. The molecular formula is C19H30O. The van der Waals surface area contributed by atoms with Crippen molar-refractivity contribution in [3.05, 3.63) is 12.2 Å². The zero-order valence-electron chi connectivity index (χ0n) is 13.1. The maximum Gasteiger partial charge on any atom is 0.0596 e. The highest BCUT2D eigenvalue weighted by Crippen LogP contribution is 2.65. The van der Waals surface area contributed by atoms with Crippen LogP contribution in [0, 0.1) is 34.5 Å². The minimum absolute atomic E-state index is 0.0229. The minimum Gasteiger partial charge on any atom is -0.393 e. The summed E-state index contributed by atoms with van der Waals surface area (Å²) in [5.41, 5.74) is 0.807. The van der Waals surface area contributed by atoms with Gasteiger partial charge in [0.1, 0.15) is 0 Å². The third-order valence-electron chi connectivity index (χ3n) is 8.16. The zero-order chi connectivity index (χ0) is 14.0. The molecule has 4 rings (SSSR count). The van der Waals surface area contributed by atoms with Gasteiger partial charge in [-0.1, -0.05) is 26.0 Å². The fourth-order valence-electron chi connectivity index (χ4n) is 6.81. The molecule has 0 saturated heterocycles. The molecule has 112 valence electrons. The predicted molar refractivity (Wildman–Crippen MR) is 82.3 cm³/mol. The normalized spacial score (nSPS) is 57.9. The smallest absolute Gasteiger partial charge is 0.0596 e. The standard InChI is InChI=1S/C19H30O/c1-18-11-4-3-5-13(18)6-7-14-15-8-9-17(20)19(15,2)12-10-16(14)18/h3-4,13-17,20H,5-12H2,1-2H3/t13-,14+,15+,16+,17+,18+,19+/m1/s1. The molecule has 0 unspecified atom stereocenters. The molecular weight excluding hydrogens is 244 g/mol. The number of hydrogen-bond acceptors (Lipinski definition) is 1. The van der Waals surface area contributed by atoms with Crippen LogP contribution in [0.2, 0.25) is 0 Å². The number of aliphatic hydroxyl groups is 1. The highest BCUT2D eigenvalue weighted by Gasteiger charge is 2.59. The van der Waals surface area contributed by atoms with Crippen LogP contribution in [-0.2, 0) is 0 Å². The summed E-state index contributed by atoms with van der Waals surface area (Å²) >= 11 is 0. The van der Waals surface area contributed by atoms with Crippen LogP contribution in [0.1, 0.15) is 65.2 Å². The van der Waals surface area contributed by atoms with Crippen LogP contribution in [0.15, 0.2) is 12.2 Å². The van der Waals surface area contributed by atoms with Crippen LogP contribution in [0.25, 0.3) is 0 Å². The Morgan fingerprint density at radius 2 is 1.70 bits per heavy atom. The molecule has 0 heterocycles. The average molecular weight is 274 g/mol. The molecule has 0 spiro atoms. The van der Waals surface area contributed by atoms with Crippen molar-refractivity contribution in [1.82, 2.24) is 0 Å². The van der Waals surface area contributed by atoms with Gasteiger partial charge < -0.3 is 5.11 Å². The molecule has 3 saturated carbocycles. The van der Waals surface area contributed by atoms with E-state index < -0.39 is 0 Å². The lowest BCUT2D eigenvalue weighted by Crippen LogP contribution is -2.52. The molecule has 20 heavy (non-hydrogen) atoms. The summed E-state index contributed by atoms with van der Waals surface area (Å²) in [5, 5.41) is 10.5. The summed E-state index contributed by atoms with van der Waals surface area (Å²) in [6.45, 7) is 4.98. The van der Waals surface area contributed by atoms with Gasteiger partial charge >= 0.3 is 0 Å². The van der Waals surface area contributed by atoms with Crippen molar-refractivity contribution in [2.45, 2.75) is 71.3 Å². The van der Waals surface area contributed by atoms with Gasteiger partial charge in [0.25, 0.3) is 0 Å². The van der Waals surface area contributed by atoms with E-state index in [2.05, 4.69) is 26.0 Å². The Bertz CT molecular complexity index is 427. The first-order valence-corrected chi connectivity index (χ1v) is 8.89. The predicted octanol–water partition coefficient (Wildman–Crippen LogP) is 4.56. The first kappa shape index (κ1) is 13.4. The van der Waals surface area contributed by atoms with Crippen molar-refractivity contribution in [1.29, 1.82) is 0 Å². The Hall–Kier alpha value is -0.300. The first-order valence-electron chi connectivity index (χ1n) is 8.89. The van der Waals surface area contributed by atoms with Gasteiger partial charge in [0.05, 0.1) is 6.10 Å². The van der Waals surface area contributed by atoms with E-state index in [0.29, 0.717) is 5.41 Å². The minimum atomic E-state index is -0.0229. The summed E-state index contributed by atoms with van der Waals surface area (Å²) in [4.78, 5) is 0. The van der Waals surface area contributed by atoms with Gasteiger partial charge in [-0.2, -0.15) is 0 Å². The molecule has 4 aliphatic rings. The van der Waals surface area contributed by atoms with Gasteiger partial charge in [0.2, 0.25) is 0 Å². The van der Waals surface area contributed by atoms with Crippen LogP contribution in [0.4, 0.5) is 0 Å². The van der Waals surface area contributed by atoms with Gasteiger partial charge in [0, 0.05) is 0 Å². The van der Waals surface area contributed by atoms with Crippen molar-refractivity contribution in [3.8, 4) is 0 Å². The van der Waals surface area contributed by atoms with Crippen molar-refractivity contribution in [2.24, 2.45) is 34.5 Å². The Balaban J connectivity index is 1.66. The number of allylic oxidation sites excluding steroid dienone is 2. The average Bonchev–Trinajstić information content (AvgIpc) is 2.74. The van der Waals surface area contributed by atoms with E-state index >= 15 is 0 Å². The number of rotatable bonds is 0. The van der Waals surface area contributed by atoms with Gasteiger partial charge in [-0.15, -0.1) is 0 Å². The number of fused-ring (bicyclic) bond motifs is 5. The largest absolute Gasteiger partial charge is 0.393 e. The van der Waals surface area contributed by atoms with E-state index in [4.69, 9.17) is 0 Å². The second-order valence-corrected chi connectivity index (χ2v) is 8.71. The lowest BCUT2D eigenvalue weighted by molar-refractivity contribution is -0.108. The van der Waals surface area contributed by atoms with E-state index in [1.165, 1.54) is 44.9 Å².